The lowest BCUT2D eigenvalue weighted by Gasteiger charge is -2.41. The molecule has 2 aromatic rings. The summed E-state index contributed by atoms with van der Waals surface area (Å²) in [5, 5.41) is 15.3. The summed E-state index contributed by atoms with van der Waals surface area (Å²) in [6.07, 6.45) is 2.11. The van der Waals surface area contributed by atoms with Gasteiger partial charge in [-0.2, -0.15) is 5.10 Å². The summed E-state index contributed by atoms with van der Waals surface area (Å²) in [4.78, 5) is 33.7. The molecule has 3 rings (SSSR count). The van der Waals surface area contributed by atoms with Crippen LogP contribution in [0.15, 0.2) is 23.4 Å². The SMILES string of the molecule is CCN(C=O)/C(CO)=N\N(C)c1cc2c(cc1F)C(=O)N(c1c(C)cnc(OC)c1Cl)CN2C(C)C. The smallest absolute Gasteiger partial charge is 0.262 e. The van der Waals surface area contributed by atoms with Gasteiger partial charge in [-0.05, 0) is 45.4 Å². The molecule has 1 aromatic carbocycles. The van der Waals surface area contributed by atoms with Crippen LogP contribution < -0.4 is 19.5 Å². The third kappa shape index (κ3) is 4.93. The van der Waals surface area contributed by atoms with Crippen molar-refractivity contribution >= 4 is 46.8 Å². The fourth-order valence-electron chi connectivity index (χ4n) is 4.01. The number of carbonyl (C=O) groups excluding carboxylic acids is 2. The number of hydrogen-bond acceptors (Lipinski definition) is 8. The van der Waals surface area contributed by atoms with E-state index < -0.39 is 18.3 Å². The van der Waals surface area contributed by atoms with E-state index in [1.54, 1.807) is 20.0 Å². The van der Waals surface area contributed by atoms with Crippen molar-refractivity contribution in [2.75, 3.05) is 48.8 Å². The van der Waals surface area contributed by atoms with E-state index in [-0.39, 0.29) is 47.2 Å². The molecule has 10 nitrogen and oxygen atoms in total. The number of nitrogens with zero attached hydrogens (tertiary/aromatic N) is 6. The number of pyridine rings is 1. The van der Waals surface area contributed by atoms with Gasteiger partial charge in [0.2, 0.25) is 12.3 Å². The van der Waals surface area contributed by atoms with Crippen molar-refractivity contribution < 1.29 is 23.8 Å². The standard InChI is InChI=1S/C24H30ClFN6O4/c1-7-30(13-34)20(11-33)28-29(5)19-9-18-16(8-17(19)26)24(35)32(12-31(18)14(2)3)22-15(4)10-27-23(36-6)21(22)25/h8-10,13-14,33H,7,11-12H2,1-6H3/b28-20-. The van der Waals surface area contributed by atoms with Gasteiger partial charge in [0.1, 0.15) is 17.4 Å². The van der Waals surface area contributed by atoms with E-state index in [0.29, 0.717) is 23.3 Å². The monoisotopic (exact) mass is 520 g/mol. The molecular formula is C24H30ClFN6O4. The normalized spacial score (nSPS) is 13.7. The van der Waals surface area contributed by atoms with Gasteiger partial charge in [-0.1, -0.05) is 11.6 Å². The molecule has 0 spiro atoms. The lowest BCUT2D eigenvalue weighted by molar-refractivity contribution is -0.114. The molecule has 0 unspecified atom stereocenters. The zero-order valence-corrected chi connectivity index (χ0v) is 21.9. The summed E-state index contributed by atoms with van der Waals surface area (Å²) in [6, 6.07) is 2.64. The number of hydrogen-bond donors (Lipinski definition) is 1. The van der Waals surface area contributed by atoms with Crippen molar-refractivity contribution in [2.45, 2.75) is 33.7 Å². The maximum absolute atomic E-state index is 15.4. The second kappa shape index (κ2) is 11.1. The molecule has 0 fully saturated rings. The van der Waals surface area contributed by atoms with Gasteiger partial charge in [0.05, 0.1) is 36.4 Å². The number of ether oxygens (including phenoxy) is 1. The number of fused-ring (bicyclic) bond motifs is 1. The summed E-state index contributed by atoms with van der Waals surface area (Å²) < 4.78 is 20.6. The molecule has 12 heteroatoms. The summed E-state index contributed by atoms with van der Waals surface area (Å²) in [5.74, 6) is -0.873. The molecular weight excluding hydrogens is 491 g/mol. The second-order valence-corrected chi connectivity index (χ2v) is 8.84. The Morgan fingerprint density at radius 2 is 2.11 bits per heavy atom. The van der Waals surface area contributed by atoms with Crippen LogP contribution in [0.3, 0.4) is 0 Å². The van der Waals surface area contributed by atoms with Crippen LogP contribution in [0, 0.1) is 12.7 Å². The minimum absolute atomic E-state index is 0.0619. The number of aromatic nitrogens is 1. The predicted octanol–water partition coefficient (Wildman–Crippen LogP) is 3.24. The van der Waals surface area contributed by atoms with Gasteiger partial charge >= 0.3 is 0 Å². The fraction of sp³-hybridized carbons (Fsp3) is 0.417. The Bertz CT molecular complexity index is 1190. The number of benzene rings is 1. The largest absolute Gasteiger partial charge is 0.480 e. The molecule has 0 saturated carbocycles. The van der Waals surface area contributed by atoms with Crippen molar-refractivity contribution in [3.63, 3.8) is 0 Å². The number of amides is 2. The summed E-state index contributed by atoms with van der Waals surface area (Å²) in [7, 11) is 2.94. The number of likely N-dealkylation sites (N-methyl/N-ethyl adjacent to an activating group) is 1. The number of aliphatic hydroxyl groups is 1. The topological polar surface area (TPSA) is 102 Å². The number of rotatable bonds is 8. The number of aliphatic hydroxyl groups excluding tert-OH is 1. The lowest BCUT2D eigenvalue weighted by Crippen LogP contribution is -2.50. The van der Waals surface area contributed by atoms with Crippen molar-refractivity contribution in [3.8, 4) is 5.88 Å². The van der Waals surface area contributed by atoms with E-state index in [1.807, 2.05) is 18.7 Å². The first-order chi connectivity index (χ1) is 17.1. The van der Waals surface area contributed by atoms with Gasteiger partial charge in [0, 0.05) is 25.8 Å². The summed E-state index contributed by atoms with van der Waals surface area (Å²) in [5.41, 5.74) is 1.86. The number of halogens is 2. The van der Waals surface area contributed by atoms with Crippen LogP contribution in [0.25, 0.3) is 0 Å². The number of hydrazone groups is 1. The molecule has 2 heterocycles. The first-order valence-electron chi connectivity index (χ1n) is 11.3. The Labute approximate surface area is 214 Å². The molecule has 2 amide bonds. The Balaban J connectivity index is 2.13. The minimum atomic E-state index is -0.694. The number of aryl methyl sites for hydroxylation is 1. The predicted molar refractivity (Wildman–Crippen MR) is 138 cm³/mol. The Morgan fingerprint density at radius 3 is 2.67 bits per heavy atom. The highest BCUT2D eigenvalue weighted by atomic mass is 35.5. The average molecular weight is 521 g/mol. The number of amidine groups is 1. The van der Waals surface area contributed by atoms with Gasteiger partial charge in [-0.25, -0.2) is 9.37 Å². The van der Waals surface area contributed by atoms with Crippen LogP contribution in [0.5, 0.6) is 5.88 Å². The first kappa shape index (κ1) is 27.2. The maximum Gasteiger partial charge on any atom is 0.262 e. The van der Waals surface area contributed by atoms with E-state index in [4.69, 9.17) is 16.3 Å². The fourth-order valence-corrected chi connectivity index (χ4v) is 4.38. The molecule has 0 saturated heterocycles. The highest BCUT2D eigenvalue weighted by Gasteiger charge is 2.35. The second-order valence-electron chi connectivity index (χ2n) is 8.46. The molecule has 1 aliphatic heterocycles. The average Bonchev–Trinajstić information content (AvgIpc) is 2.85. The van der Waals surface area contributed by atoms with E-state index >= 15 is 4.39 Å². The molecule has 194 valence electrons. The molecule has 1 aliphatic rings. The zero-order valence-electron chi connectivity index (χ0n) is 21.1. The molecule has 0 aliphatic carbocycles. The van der Waals surface area contributed by atoms with Gasteiger partial charge in [0.15, 0.2) is 5.84 Å². The quantitative estimate of drug-likeness (QED) is 0.247. The van der Waals surface area contributed by atoms with E-state index in [9.17, 15) is 14.7 Å². The van der Waals surface area contributed by atoms with Gasteiger partial charge < -0.3 is 14.7 Å². The number of carbonyl (C=O) groups is 2. The van der Waals surface area contributed by atoms with Gasteiger partial charge in [0.25, 0.3) is 5.91 Å². The van der Waals surface area contributed by atoms with Crippen LogP contribution in [-0.4, -0.2) is 73.2 Å². The van der Waals surface area contributed by atoms with E-state index in [1.165, 1.54) is 35.0 Å². The number of methoxy groups -OCH3 is 1. The van der Waals surface area contributed by atoms with Crippen LogP contribution in [0.1, 0.15) is 36.7 Å². The van der Waals surface area contributed by atoms with Crippen molar-refractivity contribution in [3.05, 3.63) is 40.3 Å². The lowest BCUT2D eigenvalue weighted by atomic mass is 10.0. The molecule has 0 atom stereocenters. The van der Waals surface area contributed by atoms with E-state index in [0.717, 1.165) is 6.07 Å². The molecule has 1 N–H and O–H groups in total. The van der Waals surface area contributed by atoms with Gasteiger partial charge in [-0.3, -0.25) is 24.4 Å². The van der Waals surface area contributed by atoms with E-state index in [2.05, 4.69) is 10.1 Å². The summed E-state index contributed by atoms with van der Waals surface area (Å²) >= 11 is 6.53. The van der Waals surface area contributed by atoms with Crippen LogP contribution in [0.4, 0.5) is 21.5 Å². The third-order valence-corrected chi connectivity index (χ3v) is 6.27. The minimum Gasteiger partial charge on any atom is -0.480 e. The molecule has 1 aromatic heterocycles. The van der Waals surface area contributed by atoms with Crippen LogP contribution in [0.2, 0.25) is 5.02 Å². The molecule has 0 radical (unpaired) electrons. The molecule has 0 bridgehead atoms. The molecule has 36 heavy (non-hydrogen) atoms. The van der Waals surface area contributed by atoms with Crippen LogP contribution >= 0.6 is 11.6 Å². The third-order valence-electron chi connectivity index (χ3n) is 5.93. The zero-order chi connectivity index (χ0) is 26.7. The van der Waals surface area contributed by atoms with Crippen molar-refractivity contribution in [1.29, 1.82) is 0 Å². The van der Waals surface area contributed by atoms with Crippen molar-refractivity contribution in [2.24, 2.45) is 5.10 Å². The van der Waals surface area contributed by atoms with Crippen molar-refractivity contribution in [1.82, 2.24) is 9.88 Å². The Morgan fingerprint density at radius 1 is 1.42 bits per heavy atom. The highest BCUT2D eigenvalue weighted by Crippen LogP contribution is 2.41. The van der Waals surface area contributed by atoms with Crippen LogP contribution in [-0.2, 0) is 4.79 Å². The Hall–Kier alpha value is -3.44. The van der Waals surface area contributed by atoms with Gasteiger partial charge in [-0.15, -0.1) is 0 Å². The number of anilines is 3. The highest BCUT2D eigenvalue weighted by molar-refractivity contribution is 6.35. The maximum atomic E-state index is 15.4. The summed E-state index contributed by atoms with van der Waals surface area (Å²) in [6.45, 7) is 7.36. The Kier molecular flexibility index (Phi) is 8.36. The first-order valence-corrected chi connectivity index (χ1v) is 11.7.